The molecule has 4 aromatic carbocycles. The minimum Gasteiger partial charge on any atom is -0.494 e. The summed E-state index contributed by atoms with van der Waals surface area (Å²) in [5.74, 6) is 1.68. The molecule has 6 nitrogen and oxygen atoms in total. The minimum absolute atomic E-state index is 0.0403. The van der Waals surface area contributed by atoms with Gasteiger partial charge in [-0.1, -0.05) is 83.1 Å². The average Bonchev–Trinajstić information content (AvgIpc) is 3.71. The Morgan fingerprint density at radius 1 is 0.595 bits per heavy atom. The number of nitrogens with zero attached hydrogens (tertiary/aromatic N) is 2. The molecule has 0 amide bonds. The average molecular weight is 561 g/mol. The van der Waals surface area contributed by atoms with Gasteiger partial charge in [0.25, 0.3) is 0 Å². The first-order chi connectivity index (χ1) is 20.6. The molecule has 0 fully saturated rings. The van der Waals surface area contributed by atoms with E-state index in [1.807, 2.05) is 60.7 Å². The summed E-state index contributed by atoms with van der Waals surface area (Å²) in [6.07, 6.45) is 3.20. The maximum absolute atomic E-state index is 6.05. The lowest BCUT2D eigenvalue weighted by Crippen LogP contribution is -2.05. The minimum atomic E-state index is -0.0403. The molecule has 2 aliphatic rings. The Bertz CT molecular complexity index is 1480. The first kappa shape index (κ1) is 27.6. The van der Waals surface area contributed by atoms with Gasteiger partial charge in [-0.3, -0.25) is 0 Å². The first-order valence-electron chi connectivity index (χ1n) is 14.7. The predicted molar refractivity (Wildman–Crippen MR) is 165 cm³/mol. The molecule has 0 saturated heterocycles. The molecule has 2 unspecified atom stereocenters. The lowest BCUT2D eigenvalue weighted by atomic mass is 9.97. The van der Waals surface area contributed by atoms with E-state index in [1.54, 1.807) is 0 Å². The van der Waals surface area contributed by atoms with Gasteiger partial charge in [-0.15, -0.1) is 0 Å². The number of benzene rings is 4. The van der Waals surface area contributed by atoms with Gasteiger partial charge in [-0.05, 0) is 73.2 Å². The molecule has 2 aliphatic heterocycles. The number of hydrogen-bond donors (Lipinski definition) is 0. The SMILES string of the molecule is Cc1ccccc1C1CC(c2cccc(OCCCCOc3cccc(C4=NOC(c5ccccc5C)C4)c3)c2)=NO1. The molecule has 2 atom stereocenters. The molecule has 42 heavy (non-hydrogen) atoms. The molecule has 0 bridgehead atoms. The smallest absolute Gasteiger partial charge is 0.158 e. The highest BCUT2D eigenvalue weighted by Gasteiger charge is 2.26. The second kappa shape index (κ2) is 12.9. The Hall–Kier alpha value is -4.58. The highest BCUT2D eigenvalue weighted by atomic mass is 16.6. The summed E-state index contributed by atoms with van der Waals surface area (Å²) in [6, 6.07) is 32.8. The van der Waals surface area contributed by atoms with E-state index in [-0.39, 0.29) is 12.2 Å². The predicted octanol–water partition coefficient (Wildman–Crippen LogP) is 8.27. The van der Waals surface area contributed by atoms with Crippen LogP contribution in [0.25, 0.3) is 0 Å². The van der Waals surface area contributed by atoms with Crippen molar-refractivity contribution in [2.24, 2.45) is 10.3 Å². The largest absolute Gasteiger partial charge is 0.494 e. The molecular weight excluding hydrogens is 524 g/mol. The van der Waals surface area contributed by atoms with Gasteiger partial charge in [-0.25, -0.2) is 0 Å². The van der Waals surface area contributed by atoms with Crippen molar-refractivity contribution in [3.63, 3.8) is 0 Å². The van der Waals surface area contributed by atoms with E-state index in [0.29, 0.717) is 13.2 Å². The van der Waals surface area contributed by atoms with Gasteiger partial charge in [0.1, 0.15) is 11.5 Å². The maximum atomic E-state index is 6.05. The van der Waals surface area contributed by atoms with Crippen LogP contribution < -0.4 is 9.47 Å². The van der Waals surface area contributed by atoms with Crippen LogP contribution in [-0.4, -0.2) is 24.6 Å². The van der Waals surface area contributed by atoms with E-state index in [0.717, 1.165) is 59.7 Å². The summed E-state index contributed by atoms with van der Waals surface area (Å²) >= 11 is 0. The number of oxime groups is 2. The molecule has 0 radical (unpaired) electrons. The van der Waals surface area contributed by atoms with Crippen molar-refractivity contribution < 1.29 is 19.1 Å². The Kier molecular flexibility index (Phi) is 8.50. The van der Waals surface area contributed by atoms with Crippen molar-refractivity contribution >= 4 is 11.4 Å². The topological polar surface area (TPSA) is 61.6 Å². The van der Waals surface area contributed by atoms with Crippen LogP contribution in [0, 0.1) is 13.8 Å². The lowest BCUT2D eigenvalue weighted by Gasteiger charge is -2.11. The summed E-state index contributed by atoms with van der Waals surface area (Å²) in [6.45, 7) is 5.46. The van der Waals surface area contributed by atoms with Gasteiger partial charge in [0.2, 0.25) is 0 Å². The van der Waals surface area contributed by atoms with Crippen LogP contribution in [0.2, 0.25) is 0 Å². The number of unbranched alkanes of at least 4 members (excludes halogenated alkanes) is 1. The Morgan fingerprint density at radius 2 is 1.05 bits per heavy atom. The Balaban J connectivity index is 0.935. The molecule has 0 N–H and O–H groups in total. The van der Waals surface area contributed by atoms with Crippen LogP contribution in [0.5, 0.6) is 11.5 Å². The van der Waals surface area contributed by atoms with Crippen LogP contribution in [0.1, 0.15) is 71.3 Å². The highest BCUT2D eigenvalue weighted by molar-refractivity contribution is 6.02. The van der Waals surface area contributed by atoms with Crippen LogP contribution in [0.15, 0.2) is 107 Å². The van der Waals surface area contributed by atoms with Crippen LogP contribution in [-0.2, 0) is 9.68 Å². The number of rotatable bonds is 11. The van der Waals surface area contributed by atoms with Crippen molar-refractivity contribution in [1.29, 1.82) is 0 Å². The molecule has 0 spiro atoms. The van der Waals surface area contributed by atoms with Crippen molar-refractivity contribution in [3.05, 3.63) is 130 Å². The number of aryl methyl sites for hydroxylation is 2. The Morgan fingerprint density at radius 3 is 1.50 bits per heavy atom. The number of hydrogen-bond acceptors (Lipinski definition) is 6. The second-order valence-electron chi connectivity index (χ2n) is 10.8. The van der Waals surface area contributed by atoms with Crippen LogP contribution in [0.4, 0.5) is 0 Å². The Labute approximate surface area is 247 Å². The zero-order chi connectivity index (χ0) is 28.7. The van der Waals surface area contributed by atoms with Gasteiger partial charge in [0.15, 0.2) is 12.2 Å². The summed E-state index contributed by atoms with van der Waals surface area (Å²) < 4.78 is 12.1. The van der Waals surface area contributed by atoms with E-state index in [9.17, 15) is 0 Å². The molecule has 0 saturated carbocycles. The molecule has 4 aromatic rings. The molecule has 0 aliphatic carbocycles. The molecule has 6 rings (SSSR count). The quantitative estimate of drug-likeness (QED) is 0.173. The summed E-state index contributed by atoms with van der Waals surface area (Å²) in [5, 5.41) is 8.76. The molecule has 0 aromatic heterocycles. The molecule has 2 heterocycles. The zero-order valence-corrected chi connectivity index (χ0v) is 24.2. The van der Waals surface area contributed by atoms with E-state index < -0.39 is 0 Å². The summed E-state index contributed by atoms with van der Waals surface area (Å²) in [4.78, 5) is 11.5. The summed E-state index contributed by atoms with van der Waals surface area (Å²) in [5.41, 5.74) is 8.78. The molecule has 214 valence electrons. The normalized spacial score (nSPS) is 17.7. The fourth-order valence-corrected chi connectivity index (χ4v) is 5.44. The van der Waals surface area contributed by atoms with Crippen LogP contribution >= 0.6 is 0 Å². The standard InChI is InChI=1S/C36H36N2O4/c1-25-11-3-5-17-31(25)35-23-33(37-41-35)27-13-9-15-29(21-27)39-19-7-8-20-40-30-16-10-14-28(22-30)34-24-36(42-38-34)32-18-6-4-12-26(32)2/h3-6,9-18,21-22,35-36H,7-8,19-20,23-24H2,1-2H3. The van der Waals surface area contributed by atoms with E-state index >= 15 is 0 Å². The van der Waals surface area contributed by atoms with Gasteiger partial charge in [0.05, 0.1) is 24.6 Å². The third kappa shape index (κ3) is 6.49. The summed E-state index contributed by atoms with van der Waals surface area (Å²) in [7, 11) is 0. The van der Waals surface area contributed by atoms with Crippen molar-refractivity contribution in [2.45, 2.75) is 51.7 Å². The fourth-order valence-electron chi connectivity index (χ4n) is 5.44. The highest BCUT2D eigenvalue weighted by Crippen LogP contribution is 2.33. The monoisotopic (exact) mass is 560 g/mol. The van der Waals surface area contributed by atoms with Crippen molar-refractivity contribution in [3.8, 4) is 11.5 Å². The van der Waals surface area contributed by atoms with E-state index in [4.69, 9.17) is 19.1 Å². The van der Waals surface area contributed by atoms with Crippen molar-refractivity contribution in [1.82, 2.24) is 0 Å². The second-order valence-corrected chi connectivity index (χ2v) is 10.8. The third-order valence-corrected chi connectivity index (χ3v) is 7.82. The first-order valence-corrected chi connectivity index (χ1v) is 14.7. The fraction of sp³-hybridized carbons (Fsp3) is 0.278. The van der Waals surface area contributed by atoms with E-state index in [2.05, 4.69) is 60.6 Å². The van der Waals surface area contributed by atoms with Gasteiger partial charge in [-0.2, -0.15) is 0 Å². The molecule has 6 heteroatoms. The van der Waals surface area contributed by atoms with Gasteiger partial charge >= 0.3 is 0 Å². The van der Waals surface area contributed by atoms with Gasteiger partial charge in [0, 0.05) is 24.0 Å². The van der Waals surface area contributed by atoms with Gasteiger partial charge < -0.3 is 19.1 Å². The lowest BCUT2D eigenvalue weighted by molar-refractivity contribution is 0.0852. The zero-order valence-electron chi connectivity index (χ0n) is 24.2. The number of ether oxygens (including phenoxy) is 2. The van der Waals surface area contributed by atoms with Crippen molar-refractivity contribution in [2.75, 3.05) is 13.2 Å². The molecular formula is C36H36N2O4. The van der Waals surface area contributed by atoms with Crippen LogP contribution in [0.3, 0.4) is 0 Å². The third-order valence-electron chi connectivity index (χ3n) is 7.82. The van der Waals surface area contributed by atoms with E-state index in [1.165, 1.54) is 22.3 Å². The maximum Gasteiger partial charge on any atom is 0.158 e.